The molecule has 8 heteroatoms. The van der Waals surface area contributed by atoms with Crippen LogP contribution in [0.1, 0.15) is 11.9 Å². The molecular formula is C13H16O8. The molecule has 2 saturated heterocycles. The molecule has 2 fully saturated rings. The van der Waals surface area contributed by atoms with Gasteiger partial charge < -0.3 is 39.7 Å². The summed E-state index contributed by atoms with van der Waals surface area (Å²) in [5, 5.41) is 48.3. The van der Waals surface area contributed by atoms with Crippen LogP contribution in [0.25, 0.3) is 0 Å². The number of hydrogen-bond acceptors (Lipinski definition) is 8. The minimum Gasteiger partial charge on any atom is -0.504 e. The second kappa shape index (κ2) is 5.41. The van der Waals surface area contributed by atoms with E-state index in [2.05, 4.69) is 0 Å². The quantitative estimate of drug-likeness (QED) is 0.416. The molecule has 2 heterocycles. The summed E-state index contributed by atoms with van der Waals surface area (Å²) in [6.45, 7) is -0.00866. The molecule has 3 rings (SSSR count). The molecule has 2 aliphatic rings. The summed E-state index contributed by atoms with van der Waals surface area (Å²) in [6.07, 6.45) is -7.07. The van der Waals surface area contributed by atoms with E-state index in [1.54, 1.807) is 0 Å². The Morgan fingerprint density at radius 1 is 1.00 bits per heavy atom. The van der Waals surface area contributed by atoms with Crippen LogP contribution in [0.3, 0.4) is 0 Å². The summed E-state index contributed by atoms with van der Waals surface area (Å²) in [4.78, 5) is 0. The molecule has 0 bridgehead atoms. The predicted octanol–water partition coefficient (Wildman–Crippen LogP) is -1.05. The first-order valence-electron chi connectivity index (χ1n) is 6.46. The monoisotopic (exact) mass is 300 g/mol. The average molecular weight is 300 g/mol. The molecule has 0 radical (unpaired) electrons. The first-order valence-corrected chi connectivity index (χ1v) is 6.46. The van der Waals surface area contributed by atoms with Crippen molar-refractivity contribution >= 4 is 0 Å². The Balaban J connectivity index is 1.81. The van der Waals surface area contributed by atoms with Crippen molar-refractivity contribution in [3.63, 3.8) is 0 Å². The number of rotatable bonds is 1. The lowest BCUT2D eigenvalue weighted by Gasteiger charge is -2.45. The Morgan fingerprint density at radius 3 is 2.52 bits per heavy atom. The molecule has 0 spiro atoms. The number of fused-ring (bicyclic) bond motifs is 1. The second-order valence-corrected chi connectivity index (χ2v) is 5.03. The maximum Gasteiger partial charge on any atom is 0.188 e. The highest BCUT2D eigenvalue weighted by molar-refractivity contribution is 5.45. The third-order valence-electron chi connectivity index (χ3n) is 3.65. The molecule has 2 aliphatic heterocycles. The minimum atomic E-state index is -1.51. The van der Waals surface area contributed by atoms with Gasteiger partial charge in [-0.2, -0.15) is 0 Å². The van der Waals surface area contributed by atoms with Crippen LogP contribution in [-0.4, -0.2) is 62.8 Å². The molecule has 0 saturated carbocycles. The number of hydrogen-bond donors (Lipinski definition) is 5. The molecule has 0 aromatic heterocycles. The van der Waals surface area contributed by atoms with Crippen molar-refractivity contribution in [3.8, 4) is 11.5 Å². The fourth-order valence-corrected chi connectivity index (χ4v) is 2.49. The summed E-state index contributed by atoms with van der Waals surface area (Å²) >= 11 is 0. The summed E-state index contributed by atoms with van der Waals surface area (Å²) in [5.41, 5.74) is 0.196. The number of benzene rings is 1. The van der Waals surface area contributed by atoms with Crippen molar-refractivity contribution in [2.24, 2.45) is 0 Å². The van der Waals surface area contributed by atoms with Gasteiger partial charge in [-0.25, -0.2) is 0 Å². The summed E-state index contributed by atoms with van der Waals surface area (Å²) < 4.78 is 16.0. The maximum atomic E-state index is 9.95. The van der Waals surface area contributed by atoms with Crippen LogP contribution in [-0.2, 0) is 14.2 Å². The Kier molecular flexibility index (Phi) is 3.74. The zero-order chi connectivity index (χ0) is 15.1. The van der Waals surface area contributed by atoms with Crippen LogP contribution in [0.15, 0.2) is 18.2 Å². The number of aliphatic hydroxyl groups excluding tert-OH is 3. The minimum absolute atomic E-state index is 0.00866. The largest absolute Gasteiger partial charge is 0.504 e. The van der Waals surface area contributed by atoms with E-state index in [0.717, 1.165) is 0 Å². The lowest BCUT2D eigenvalue weighted by molar-refractivity contribution is -0.354. The fourth-order valence-electron chi connectivity index (χ4n) is 2.49. The summed E-state index contributed by atoms with van der Waals surface area (Å²) in [7, 11) is 0. The first-order chi connectivity index (χ1) is 9.99. The second-order valence-electron chi connectivity index (χ2n) is 5.03. The van der Waals surface area contributed by atoms with E-state index >= 15 is 0 Å². The number of aromatic hydroxyl groups is 2. The maximum absolute atomic E-state index is 9.95. The lowest BCUT2D eigenvalue weighted by Crippen LogP contribution is -2.61. The Hall–Kier alpha value is -1.42. The summed E-state index contributed by atoms with van der Waals surface area (Å²) in [6, 6.07) is 4.32. The van der Waals surface area contributed by atoms with E-state index in [1.165, 1.54) is 18.2 Å². The third kappa shape index (κ3) is 2.46. The first kappa shape index (κ1) is 14.5. The van der Waals surface area contributed by atoms with Gasteiger partial charge in [0.15, 0.2) is 24.1 Å². The van der Waals surface area contributed by atoms with Gasteiger partial charge in [-0.05, 0) is 12.1 Å². The molecule has 0 aliphatic carbocycles. The van der Waals surface area contributed by atoms with E-state index < -0.39 is 37.0 Å². The Bertz CT molecular complexity index is 519. The number of ether oxygens (including phenoxy) is 3. The van der Waals surface area contributed by atoms with E-state index in [9.17, 15) is 25.5 Å². The van der Waals surface area contributed by atoms with Gasteiger partial charge in [-0.1, -0.05) is 6.07 Å². The Morgan fingerprint density at radius 2 is 1.76 bits per heavy atom. The molecule has 1 aromatic carbocycles. The zero-order valence-corrected chi connectivity index (χ0v) is 10.9. The smallest absolute Gasteiger partial charge is 0.188 e. The van der Waals surface area contributed by atoms with Gasteiger partial charge in [0.1, 0.15) is 24.4 Å². The van der Waals surface area contributed by atoms with Gasteiger partial charge in [-0.3, -0.25) is 0 Å². The van der Waals surface area contributed by atoms with Crippen LogP contribution in [0.2, 0.25) is 0 Å². The van der Waals surface area contributed by atoms with Crippen LogP contribution >= 0.6 is 0 Å². The zero-order valence-electron chi connectivity index (χ0n) is 10.9. The number of para-hydroxylation sites is 1. The van der Waals surface area contributed by atoms with Gasteiger partial charge in [0.25, 0.3) is 0 Å². The third-order valence-corrected chi connectivity index (χ3v) is 3.65. The highest BCUT2D eigenvalue weighted by Gasteiger charge is 2.48. The number of aliphatic hydroxyl groups is 3. The van der Waals surface area contributed by atoms with Crippen molar-refractivity contribution in [3.05, 3.63) is 23.8 Å². The normalized spacial score (nSPS) is 39.8. The molecule has 0 amide bonds. The highest BCUT2D eigenvalue weighted by atomic mass is 16.7. The van der Waals surface area contributed by atoms with Crippen molar-refractivity contribution in [2.45, 2.75) is 37.0 Å². The molecule has 5 N–H and O–H groups in total. The van der Waals surface area contributed by atoms with E-state index in [4.69, 9.17) is 14.2 Å². The average Bonchev–Trinajstić information content (AvgIpc) is 2.48. The van der Waals surface area contributed by atoms with Crippen molar-refractivity contribution in [1.82, 2.24) is 0 Å². The topological polar surface area (TPSA) is 129 Å². The highest BCUT2D eigenvalue weighted by Crippen LogP contribution is 2.39. The fraction of sp³-hybridized carbons (Fsp3) is 0.538. The molecular weight excluding hydrogens is 284 g/mol. The molecule has 8 nitrogen and oxygen atoms in total. The lowest BCUT2D eigenvalue weighted by atomic mass is 9.98. The van der Waals surface area contributed by atoms with Gasteiger partial charge in [0, 0.05) is 0 Å². The van der Waals surface area contributed by atoms with Gasteiger partial charge in [0.2, 0.25) is 0 Å². The summed E-state index contributed by atoms with van der Waals surface area (Å²) in [5.74, 6) is -0.703. The van der Waals surface area contributed by atoms with Crippen LogP contribution < -0.4 is 0 Å². The van der Waals surface area contributed by atoms with Crippen molar-refractivity contribution < 1.29 is 39.7 Å². The van der Waals surface area contributed by atoms with E-state index in [-0.39, 0.29) is 23.7 Å². The Labute approximate surface area is 119 Å². The predicted molar refractivity (Wildman–Crippen MR) is 66.2 cm³/mol. The van der Waals surface area contributed by atoms with Gasteiger partial charge in [0.05, 0.1) is 12.2 Å². The SMILES string of the molecule is Oc1cccc(C2OC[C@H]3OC(O)[C@H](O)[C@@H](O)[C@@H]3O2)c1O. The van der Waals surface area contributed by atoms with Crippen LogP contribution in [0.5, 0.6) is 11.5 Å². The molecule has 1 aromatic rings. The van der Waals surface area contributed by atoms with E-state index in [0.29, 0.717) is 0 Å². The standard InChI is InChI=1S/C13H16O8/c14-6-3-1-2-5(8(6)15)13-19-4-7-11(21-13)9(16)10(17)12(18)20-7/h1-3,7,9-18H,4H2/t7-,9-,10-,11-,12?,13?/m1/s1. The van der Waals surface area contributed by atoms with Crippen molar-refractivity contribution in [1.29, 1.82) is 0 Å². The molecule has 2 unspecified atom stereocenters. The van der Waals surface area contributed by atoms with Gasteiger partial charge >= 0.3 is 0 Å². The van der Waals surface area contributed by atoms with Crippen molar-refractivity contribution in [2.75, 3.05) is 6.61 Å². The van der Waals surface area contributed by atoms with Crippen LogP contribution in [0.4, 0.5) is 0 Å². The molecule has 116 valence electrons. The number of phenols is 2. The van der Waals surface area contributed by atoms with Gasteiger partial charge in [-0.15, -0.1) is 0 Å². The molecule has 21 heavy (non-hydrogen) atoms. The number of phenolic OH excluding ortho intramolecular Hbond substituents is 2. The van der Waals surface area contributed by atoms with E-state index in [1.807, 2.05) is 0 Å². The molecule has 6 atom stereocenters. The van der Waals surface area contributed by atoms with Crippen LogP contribution in [0, 0.1) is 0 Å².